The lowest BCUT2D eigenvalue weighted by molar-refractivity contribution is -0.142. The summed E-state index contributed by atoms with van der Waals surface area (Å²) in [7, 11) is 0. The van der Waals surface area contributed by atoms with Crippen molar-refractivity contribution in [3.63, 3.8) is 0 Å². The summed E-state index contributed by atoms with van der Waals surface area (Å²) in [5, 5.41) is 11.9. The van der Waals surface area contributed by atoms with Crippen molar-refractivity contribution in [3.05, 3.63) is 41.6 Å². The number of nitrogens with zero attached hydrogens (tertiary/aromatic N) is 1. The summed E-state index contributed by atoms with van der Waals surface area (Å²) in [5.41, 5.74) is 1.83. The molecule has 0 aliphatic carbocycles. The molecule has 2 amide bonds. The molecule has 1 aliphatic rings. The van der Waals surface area contributed by atoms with E-state index in [4.69, 9.17) is 0 Å². The van der Waals surface area contributed by atoms with E-state index in [1.165, 1.54) is 11.8 Å². The number of aliphatic carboxylic acids is 1. The Labute approximate surface area is 147 Å². The molecule has 6 nitrogen and oxygen atoms in total. The Morgan fingerprint density at radius 1 is 1.24 bits per heavy atom. The van der Waals surface area contributed by atoms with E-state index in [1.54, 1.807) is 6.20 Å². The van der Waals surface area contributed by atoms with Crippen LogP contribution in [0.15, 0.2) is 30.5 Å². The lowest BCUT2D eigenvalue weighted by Gasteiger charge is -2.32. The molecule has 1 heterocycles. The van der Waals surface area contributed by atoms with Gasteiger partial charge in [-0.1, -0.05) is 38.1 Å². The van der Waals surface area contributed by atoms with Gasteiger partial charge < -0.3 is 15.3 Å². The first kappa shape index (κ1) is 18.7. The molecule has 2 atom stereocenters. The first-order valence-corrected chi connectivity index (χ1v) is 8.37. The van der Waals surface area contributed by atoms with Gasteiger partial charge in [-0.15, -0.1) is 0 Å². The molecule has 2 N–H and O–H groups in total. The number of nitrogens with one attached hydrogen (secondary N) is 1. The fourth-order valence-electron chi connectivity index (χ4n) is 3.03. The first-order chi connectivity index (χ1) is 11.8. The summed E-state index contributed by atoms with van der Waals surface area (Å²) >= 11 is 0. The van der Waals surface area contributed by atoms with Crippen LogP contribution >= 0.6 is 0 Å². The van der Waals surface area contributed by atoms with Crippen LogP contribution in [0.2, 0.25) is 0 Å². The first-order valence-electron chi connectivity index (χ1n) is 8.37. The number of carbonyl (C=O) groups excluding carboxylic acids is 2. The Morgan fingerprint density at radius 3 is 2.52 bits per heavy atom. The summed E-state index contributed by atoms with van der Waals surface area (Å²) in [4.78, 5) is 37.2. The minimum Gasteiger partial charge on any atom is -0.480 e. The molecule has 1 aromatic rings. The monoisotopic (exact) mass is 344 g/mol. The number of carboxylic acids is 1. The van der Waals surface area contributed by atoms with Gasteiger partial charge in [0.05, 0.1) is 12.5 Å². The number of amides is 2. The normalized spacial score (nSPS) is 17.1. The Bertz CT molecular complexity index is 696. The predicted octanol–water partition coefficient (Wildman–Crippen LogP) is 2.57. The Morgan fingerprint density at radius 2 is 1.92 bits per heavy atom. The number of fused-ring (bicyclic) bond motifs is 1. The number of benzene rings is 1. The third kappa shape index (κ3) is 4.68. The van der Waals surface area contributed by atoms with Crippen molar-refractivity contribution >= 4 is 23.9 Å². The molecule has 0 saturated heterocycles. The largest absolute Gasteiger partial charge is 0.480 e. The molecular formula is C19H24N2O4. The second kappa shape index (κ2) is 7.96. The van der Waals surface area contributed by atoms with Crippen LogP contribution in [0.3, 0.4) is 0 Å². The highest BCUT2D eigenvalue weighted by atomic mass is 16.4. The molecule has 0 aromatic heterocycles. The van der Waals surface area contributed by atoms with Crippen LogP contribution in [0.4, 0.5) is 0 Å². The van der Waals surface area contributed by atoms with E-state index in [1.807, 2.05) is 44.2 Å². The molecule has 1 aliphatic heterocycles. The zero-order chi connectivity index (χ0) is 18.6. The van der Waals surface area contributed by atoms with Gasteiger partial charge in [-0.05, 0) is 29.5 Å². The van der Waals surface area contributed by atoms with Crippen molar-refractivity contribution in [2.75, 3.05) is 0 Å². The smallest absolute Gasteiger partial charge is 0.326 e. The molecule has 0 radical (unpaired) electrons. The minimum absolute atomic E-state index is 0.0167. The SMILES string of the molecule is CC(=O)N1C=Cc2ccccc2C1CC(=O)N[C@H](CC(C)C)C(=O)O. The number of carboxylic acid groups (broad SMARTS) is 1. The summed E-state index contributed by atoms with van der Waals surface area (Å²) in [6, 6.07) is 6.20. The molecule has 25 heavy (non-hydrogen) atoms. The minimum atomic E-state index is -1.05. The Balaban J connectivity index is 2.17. The zero-order valence-corrected chi connectivity index (χ0v) is 14.7. The third-order valence-electron chi connectivity index (χ3n) is 4.19. The molecular weight excluding hydrogens is 320 g/mol. The summed E-state index contributed by atoms with van der Waals surface area (Å²) in [6.07, 6.45) is 3.89. The van der Waals surface area contributed by atoms with E-state index in [2.05, 4.69) is 5.32 Å². The maximum atomic E-state index is 12.4. The Kier molecular flexibility index (Phi) is 5.96. The van der Waals surface area contributed by atoms with Gasteiger partial charge in [-0.2, -0.15) is 0 Å². The highest BCUT2D eigenvalue weighted by Gasteiger charge is 2.29. The van der Waals surface area contributed by atoms with Gasteiger partial charge in [0.15, 0.2) is 0 Å². The van der Waals surface area contributed by atoms with Gasteiger partial charge in [-0.3, -0.25) is 9.59 Å². The number of hydrogen-bond acceptors (Lipinski definition) is 3. The van der Waals surface area contributed by atoms with Gasteiger partial charge in [0.2, 0.25) is 11.8 Å². The van der Waals surface area contributed by atoms with Crippen molar-refractivity contribution in [1.29, 1.82) is 0 Å². The maximum absolute atomic E-state index is 12.4. The summed E-state index contributed by atoms with van der Waals surface area (Å²) in [6.45, 7) is 5.26. The van der Waals surface area contributed by atoms with Crippen molar-refractivity contribution in [1.82, 2.24) is 10.2 Å². The summed E-state index contributed by atoms with van der Waals surface area (Å²) < 4.78 is 0. The van der Waals surface area contributed by atoms with E-state index in [-0.39, 0.29) is 24.2 Å². The number of hydrogen-bond donors (Lipinski definition) is 2. The molecule has 2 rings (SSSR count). The second-order valence-corrected chi connectivity index (χ2v) is 6.68. The lowest BCUT2D eigenvalue weighted by atomic mass is 9.93. The van der Waals surface area contributed by atoms with Crippen LogP contribution in [0.5, 0.6) is 0 Å². The molecule has 0 fully saturated rings. The van der Waals surface area contributed by atoms with Crippen LogP contribution in [-0.2, 0) is 14.4 Å². The fourth-order valence-corrected chi connectivity index (χ4v) is 3.03. The standard InChI is InChI=1S/C19H24N2O4/c1-12(2)10-16(19(24)25)20-18(23)11-17-15-7-5-4-6-14(15)8-9-21(17)13(3)22/h4-9,12,16-17H,10-11H2,1-3H3,(H,20,23)(H,24,25)/t16-,17?/m1/s1. The lowest BCUT2D eigenvalue weighted by Crippen LogP contribution is -2.43. The molecule has 6 heteroatoms. The average Bonchev–Trinajstić information content (AvgIpc) is 2.53. The van der Waals surface area contributed by atoms with Gasteiger partial charge in [0.1, 0.15) is 6.04 Å². The van der Waals surface area contributed by atoms with Gasteiger partial charge in [-0.25, -0.2) is 4.79 Å². The van der Waals surface area contributed by atoms with E-state index >= 15 is 0 Å². The fraction of sp³-hybridized carbons (Fsp3) is 0.421. The quantitative estimate of drug-likeness (QED) is 0.830. The number of carbonyl (C=O) groups is 3. The highest BCUT2D eigenvalue weighted by molar-refractivity contribution is 5.85. The van der Waals surface area contributed by atoms with Crippen molar-refractivity contribution in [2.45, 2.75) is 45.7 Å². The van der Waals surface area contributed by atoms with Crippen molar-refractivity contribution in [3.8, 4) is 0 Å². The second-order valence-electron chi connectivity index (χ2n) is 6.68. The molecule has 134 valence electrons. The van der Waals surface area contributed by atoms with Gasteiger partial charge in [0, 0.05) is 13.1 Å². The van der Waals surface area contributed by atoms with E-state index in [0.29, 0.717) is 6.42 Å². The van der Waals surface area contributed by atoms with Crippen LogP contribution in [0.25, 0.3) is 6.08 Å². The van der Waals surface area contributed by atoms with Gasteiger partial charge in [0.25, 0.3) is 0 Å². The van der Waals surface area contributed by atoms with Crippen molar-refractivity contribution in [2.24, 2.45) is 5.92 Å². The van der Waals surface area contributed by atoms with E-state index < -0.39 is 18.1 Å². The predicted molar refractivity (Wildman–Crippen MR) is 94.4 cm³/mol. The molecule has 0 spiro atoms. The highest BCUT2D eigenvalue weighted by Crippen LogP contribution is 2.32. The maximum Gasteiger partial charge on any atom is 0.326 e. The van der Waals surface area contributed by atoms with E-state index in [0.717, 1.165) is 11.1 Å². The topological polar surface area (TPSA) is 86.7 Å². The van der Waals surface area contributed by atoms with Crippen LogP contribution in [0, 0.1) is 5.92 Å². The average molecular weight is 344 g/mol. The molecule has 0 saturated carbocycles. The van der Waals surface area contributed by atoms with Crippen LogP contribution in [-0.4, -0.2) is 33.8 Å². The van der Waals surface area contributed by atoms with Crippen molar-refractivity contribution < 1.29 is 19.5 Å². The number of rotatable bonds is 6. The molecule has 0 bridgehead atoms. The van der Waals surface area contributed by atoms with E-state index in [9.17, 15) is 19.5 Å². The summed E-state index contributed by atoms with van der Waals surface area (Å²) in [5.74, 6) is -1.45. The van der Waals surface area contributed by atoms with Crippen LogP contribution in [0.1, 0.15) is 50.8 Å². The molecule has 1 unspecified atom stereocenters. The zero-order valence-electron chi connectivity index (χ0n) is 14.7. The molecule has 1 aromatic carbocycles. The third-order valence-corrected chi connectivity index (χ3v) is 4.19. The van der Waals surface area contributed by atoms with Gasteiger partial charge >= 0.3 is 5.97 Å². The Hall–Kier alpha value is -2.63. The van der Waals surface area contributed by atoms with Crippen LogP contribution < -0.4 is 5.32 Å².